The van der Waals surface area contributed by atoms with Crippen molar-refractivity contribution in [2.45, 2.75) is 26.8 Å². The van der Waals surface area contributed by atoms with E-state index >= 15 is 0 Å². The van der Waals surface area contributed by atoms with Crippen molar-refractivity contribution in [2.75, 3.05) is 18.4 Å². The van der Waals surface area contributed by atoms with Gasteiger partial charge in [-0.2, -0.15) is 0 Å². The standard InChI is InChI=1S/C21H26FN3O2/c1-4-23-21(27)16-6-5-7-18(12-16)25-19(26)13-24-20(14(2)3)15-8-10-17(22)11-9-15/h5-12,14,20,24H,4,13H2,1-3H3,(H,23,27)(H,25,26)/p+1/t20-/m1/s1. The first kappa shape index (κ1) is 20.6. The number of carbonyl (C=O) groups is 2. The van der Waals surface area contributed by atoms with E-state index in [1.54, 1.807) is 36.4 Å². The van der Waals surface area contributed by atoms with Gasteiger partial charge in [-0.15, -0.1) is 0 Å². The van der Waals surface area contributed by atoms with E-state index in [-0.39, 0.29) is 36.1 Å². The summed E-state index contributed by atoms with van der Waals surface area (Å²) >= 11 is 0. The zero-order valence-electron chi connectivity index (χ0n) is 16.0. The van der Waals surface area contributed by atoms with Crippen LogP contribution in [0.3, 0.4) is 0 Å². The van der Waals surface area contributed by atoms with E-state index in [4.69, 9.17) is 0 Å². The van der Waals surface area contributed by atoms with Crippen molar-refractivity contribution in [2.24, 2.45) is 5.92 Å². The van der Waals surface area contributed by atoms with Crippen molar-refractivity contribution in [3.8, 4) is 0 Å². The lowest BCUT2D eigenvalue weighted by molar-refractivity contribution is -0.692. The molecule has 2 aromatic rings. The molecule has 0 unspecified atom stereocenters. The molecule has 2 rings (SSSR count). The Morgan fingerprint density at radius 2 is 1.81 bits per heavy atom. The summed E-state index contributed by atoms with van der Waals surface area (Å²) in [6.45, 7) is 6.76. The number of nitrogens with two attached hydrogens (primary N) is 1. The highest BCUT2D eigenvalue weighted by molar-refractivity contribution is 5.97. The molecule has 0 spiro atoms. The number of anilines is 1. The summed E-state index contributed by atoms with van der Waals surface area (Å²) in [4.78, 5) is 24.2. The number of amides is 2. The minimum absolute atomic E-state index is 0.0537. The molecule has 2 amide bonds. The van der Waals surface area contributed by atoms with E-state index < -0.39 is 0 Å². The van der Waals surface area contributed by atoms with E-state index in [0.717, 1.165) is 5.56 Å². The summed E-state index contributed by atoms with van der Waals surface area (Å²) in [7, 11) is 0. The van der Waals surface area contributed by atoms with E-state index in [1.165, 1.54) is 12.1 Å². The van der Waals surface area contributed by atoms with Gasteiger partial charge in [0, 0.05) is 29.3 Å². The molecule has 0 saturated carbocycles. The molecular weight excluding hydrogens is 345 g/mol. The van der Waals surface area contributed by atoms with Crippen LogP contribution in [0, 0.1) is 11.7 Å². The summed E-state index contributed by atoms with van der Waals surface area (Å²) in [5, 5.41) is 7.50. The van der Waals surface area contributed by atoms with E-state index in [1.807, 2.05) is 12.2 Å². The number of halogens is 1. The van der Waals surface area contributed by atoms with Crippen LogP contribution < -0.4 is 16.0 Å². The van der Waals surface area contributed by atoms with Crippen molar-refractivity contribution >= 4 is 17.5 Å². The number of rotatable bonds is 8. The Balaban J connectivity index is 1.97. The van der Waals surface area contributed by atoms with Gasteiger partial charge in [0.05, 0.1) is 0 Å². The highest BCUT2D eigenvalue weighted by Gasteiger charge is 2.20. The lowest BCUT2D eigenvalue weighted by atomic mass is 9.96. The summed E-state index contributed by atoms with van der Waals surface area (Å²) in [5.74, 6) is -0.317. The van der Waals surface area contributed by atoms with Crippen LogP contribution in [0.2, 0.25) is 0 Å². The lowest BCUT2D eigenvalue weighted by Gasteiger charge is -2.19. The predicted octanol–water partition coefficient (Wildman–Crippen LogP) is 2.47. The van der Waals surface area contributed by atoms with Gasteiger partial charge >= 0.3 is 0 Å². The number of hydrogen-bond donors (Lipinski definition) is 3. The van der Waals surface area contributed by atoms with Crippen molar-refractivity contribution in [3.05, 3.63) is 65.5 Å². The number of hydrogen-bond acceptors (Lipinski definition) is 2. The van der Waals surface area contributed by atoms with Crippen LogP contribution in [0.5, 0.6) is 0 Å². The molecule has 0 fully saturated rings. The average Bonchev–Trinajstić information content (AvgIpc) is 2.63. The molecule has 4 N–H and O–H groups in total. The molecule has 0 radical (unpaired) electrons. The highest BCUT2D eigenvalue weighted by atomic mass is 19.1. The van der Waals surface area contributed by atoms with Crippen molar-refractivity contribution < 1.29 is 19.3 Å². The van der Waals surface area contributed by atoms with Crippen LogP contribution in [0.4, 0.5) is 10.1 Å². The predicted molar refractivity (Wildman–Crippen MR) is 104 cm³/mol. The Bertz CT molecular complexity index is 775. The van der Waals surface area contributed by atoms with Gasteiger partial charge < -0.3 is 16.0 Å². The van der Waals surface area contributed by atoms with Crippen LogP contribution in [0.1, 0.15) is 42.7 Å². The van der Waals surface area contributed by atoms with Crippen molar-refractivity contribution in [3.63, 3.8) is 0 Å². The topological polar surface area (TPSA) is 74.8 Å². The Morgan fingerprint density at radius 3 is 2.44 bits per heavy atom. The lowest BCUT2D eigenvalue weighted by Crippen LogP contribution is -2.88. The molecule has 0 heterocycles. The van der Waals surface area contributed by atoms with Crippen LogP contribution in [-0.2, 0) is 4.79 Å². The molecule has 0 aliphatic heterocycles. The Hall–Kier alpha value is -2.73. The number of nitrogens with one attached hydrogen (secondary N) is 2. The largest absolute Gasteiger partial charge is 0.352 e. The minimum atomic E-state index is -0.272. The monoisotopic (exact) mass is 372 g/mol. The van der Waals surface area contributed by atoms with E-state index in [9.17, 15) is 14.0 Å². The smallest absolute Gasteiger partial charge is 0.279 e. The average molecular weight is 372 g/mol. The van der Waals surface area contributed by atoms with Gasteiger partial charge in [0.25, 0.3) is 11.8 Å². The maximum atomic E-state index is 13.1. The normalized spacial score (nSPS) is 11.9. The third-order valence-electron chi connectivity index (χ3n) is 4.28. The third kappa shape index (κ3) is 6.18. The molecule has 0 aromatic heterocycles. The summed E-state index contributed by atoms with van der Waals surface area (Å²) < 4.78 is 13.1. The van der Waals surface area contributed by atoms with Gasteiger partial charge in [0.15, 0.2) is 6.54 Å². The molecular formula is C21H27FN3O2+. The number of carbonyl (C=O) groups excluding carboxylic acids is 2. The SMILES string of the molecule is CCNC(=O)c1cccc(NC(=O)C[NH2+][C@@H](c2ccc(F)cc2)C(C)C)c1. The van der Waals surface area contributed by atoms with Gasteiger partial charge in [0.2, 0.25) is 0 Å². The van der Waals surface area contributed by atoms with Crippen molar-refractivity contribution in [1.82, 2.24) is 5.32 Å². The Morgan fingerprint density at radius 1 is 1.11 bits per heavy atom. The molecule has 5 nitrogen and oxygen atoms in total. The summed E-state index contributed by atoms with van der Waals surface area (Å²) in [6.07, 6.45) is 0. The van der Waals surface area contributed by atoms with Gasteiger partial charge in [-0.25, -0.2) is 4.39 Å². The van der Waals surface area contributed by atoms with Gasteiger partial charge in [-0.05, 0) is 37.3 Å². The molecule has 0 aliphatic carbocycles. The number of quaternary nitrogens is 1. The second-order valence-corrected chi connectivity index (χ2v) is 6.75. The van der Waals surface area contributed by atoms with E-state index in [0.29, 0.717) is 17.8 Å². The van der Waals surface area contributed by atoms with Crippen molar-refractivity contribution in [1.29, 1.82) is 0 Å². The fraction of sp³-hybridized carbons (Fsp3) is 0.333. The zero-order valence-corrected chi connectivity index (χ0v) is 16.0. The first-order valence-electron chi connectivity index (χ1n) is 9.17. The quantitative estimate of drug-likeness (QED) is 0.666. The minimum Gasteiger partial charge on any atom is -0.352 e. The van der Waals surface area contributed by atoms with Crippen LogP contribution in [-0.4, -0.2) is 24.9 Å². The molecule has 1 atom stereocenters. The fourth-order valence-electron chi connectivity index (χ4n) is 2.92. The Kier molecular flexibility index (Phi) is 7.49. The highest BCUT2D eigenvalue weighted by Crippen LogP contribution is 2.18. The molecule has 0 saturated heterocycles. The molecule has 27 heavy (non-hydrogen) atoms. The first-order chi connectivity index (χ1) is 12.9. The zero-order chi connectivity index (χ0) is 19.8. The maximum Gasteiger partial charge on any atom is 0.279 e. The summed E-state index contributed by atoms with van der Waals surface area (Å²) in [5.41, 5.74) is 2.07. The second-order valence-electron chi connectivity index (χ2n) is 6.75. The van der Waals surface area contributed by atoms with Crippen LogP contribution >= 0.6 is 0 Å². The molecule has 0 aliphatic rings. The van der Waals surface area contributed by atoms with Gasteiger partial charge in [-0.1, -0.05) is 32.0 Å². The molecule has 0 bridgehead atoms. The second kappa shape index (κ2) is 9.83. The maximum absolute atomic E-state index is 13.1. The van der Waals surface area contributed by atoms with Crippen LogP contribution in [0.15, 0.2) is 48.5 Å². The van der Waals surface area contributed by atoms with Crippen LogP contribution in [0.25, 0.3) is 0 Å². The molecule has 6 heteroatoms. The van der Waals surface area contributed by atoms with Gasteiger partial charge in [0.1, 0.15) is 11.9 Å². The molecule has 144 valence electrons. The Labute approximate surface area is 159 Å². The first-order valence-corrected chi connectivity index (χ1v) is 9.17. The van der Waals surface area contributed by atoms with Gasteiger partial charge in [-0.3, -0.25) is 9.59 Å². The number of benzene rings is 2. The third-order valence-corrected chi connectivity index (χ3v) is 4.28. The fourth-order valence-corrected chi connectivity index (χ4v) is 2.92. The molecule has 2 aromatic carbocycles. The van der Waals surface area contributed by atoms with E-state index in [2.05, 4.69) is 24.5 Å². The summed E-state index contributed by atoms with van der Waals surface area (Å²) in [6, 6.07) is 13.3.